The van der Waals surface area contributed by atoms with Crippen molar-refractivity contribution in [3.05, 3.63) is 30.1 Å². The normalized spacial score (nSPS) is 23.9. The summed E-state index contributed by atoms with van der Waals surface area (Å²) in [6, 6.07) is 3.99. The van der Waals surface area contributed by atoms with E-state index in [0.717, 1.165) is 31.2 Å². The van der Waals surface area contributed by atoms with Crippen LogP contribution in [0.4, 0.5) is 0 Å². The van der Waals surface area contributed by atoms with Crippen LogP contribution < -0.4 is 5.32 Å². The smallest absolute Gasteiger partial charge is 0.217 e. The molecule has 0 bridgehead atoms. The molecule has 1 aliphatic rings. The quantitative estimate of drug-likeness (QED) is 0.496. The summed E-state index contributed by atoms with van der Waals surface area (Å²) in [5.41, 5.74) is 1.57. The number of pyridine rings is 1. The van der Waals surface area contributed by atoms with Gasteiger partial charge in [-0.25, -0.2) is 0 Å². The van der Waals surface area contributed by atoms with E-state index in [-0.39, 0.29) is 17.9 Å². The molecule has 1 fully saturated rings. The lowest BCUT2D eigenvalue weighted by molar-refractivity contribution is -0.119. The van der Waals surface area contributed by atoms with Gasteiger partial charge in [0.15, 0.2) is 0 Å². The minimum Gasteiger partial charge on any atom is -0.411 e. The van der Waals surface area contributed by atoms with Crippen molar-refractivity contribution in [2.75, 3.05) is 0 Å². The highest BCUT2D eigenvalue weighted by molar-refractivity contribution is 6.01. The zero-order valence-electron chi connectivity index (χ0n) is 11.0. The van der Waals surface area contributed by atoms with E-state index < -0.39 is 0 Å². The van der Waals surface area contributed by atoms with Gasteiger partial charge in [-0.1, -0.05) is 5.16 Å². The van der Waals surface area contributed by atoms with Gasteiger partial charge in [0.05, 0.1) is 5.71 Å². The van der Waals surface area contributed by atoms with E-state index in [1.165, 1.54) is 0 Å². The molecule has 1 saturated carbocycles. The van der Waals surface area contributed by atoms with E-state index in [2.05, 4.69) is 15.5 Å². The number of hydrogen-bond acceptors (Lipinski definition) is 4. The lowest BCUT2D eigenvalue weighted by atomic mass is 9.81. The molecular weight excluding hydrogens is 242 g/mol. The predicted octanol–water partition coefficient (Wildman–Crippen LogP) is 1.95. The van der Waals surface area contributed by atoms with Crippen molar-refractivity contribution in [1.29, 1.82) is 0 Å². The molecule has 19 heavy (non-hydrogen) atoms. The fourth-order valence-corrected chi connectivity index (χ4v) is 2.69. The lowest BCUT2D eigenvalue weighted by Gasteiger charge is -2.29. The maximum Gasteiger partial charge on any atom is 0.217 e. The average molecular weight is 261 g/mol. The third kappa shape index (κ3) is 3.53. The Hall–Kier alpha value is -1.91. The molecule has 5 nitrogen and oxygen atoms in total. The van der Waals surface area contributed by atoms with Gasteiger partial charge < -0.3 is 10.5 Å². The minimum atomic E-state index is 0.0201. The summed E-state index contributed by atoms with van der Waals surface area (Å²) in [6.45, 7) is 1.54. The number of carbonyl (C=O) groups is 1. The Morgan fingerprint density at radius 3 is 2.68 bits per heavy atom. The molecule has 0 spiro atoms. The van der Waals surface area contributed by atoms with Gasteiger partial charge in [-0.3, -0.25) is 9.78 Å². The van der Waals surface area contributed by atoms with Crippen LogP contribution in [0, 0.1) is 5.92 Å². The van der Waals surface area contributed by atoms with E-state index in [0.29, 0.717) is 5.71 Å². The molecule has 0 saturated heterocycles. The molecule has 0 radical (unpaired) electrons. The Balaban J connectivity index is 1.98. The molecular formula is C14H19N3O2. The predicted molar refractivity (Wildman–Crippen MR) is 72.1 cm³/mol. The molecule has 1 aromatic rings. The van der Waals surface area contributed by atoms with Crippen LogP contribution in [0.15, 0.2) is 29.7 Å². The molecule has 0 atom stereocenters. The summed E-state index contributed by atoms with van der Waals surface area (Å²) in [6.07, 6.45) is 7.09. The van der Waals surface area contributed by atoms with Crippen LogP contribution in [0.25, 0.3) is 0 Å². The molecule has 1 aromatic heterocycles. The maximum absolute atomic E-state index is 11.0. The van der Waals surface area contributed by atoms with Gasteiger partial charge >= 0.3 is 0 Å². The number of hydrogen-bond donors (Lipinski definition) is 2. The van der Waals surface area contributed by atoms with Crippen LogP contribution in [0.3, 0.4) is 0 Å². The molecule has 0 aromatic carbocycles. The van der Waals surface area contributed by atoms with Gasteiger partial charge in [0.2, 0.25) is 5.91 Å². The van der Waals surface area contributed by atoms with Gasteiger partial charge in [0.1, 0.15) is 0 Å². The first kappa shape index (κ1) is 13.5. The molecule has 0 unspecified atom stereocenters. The summed E-state index contributed by atoms with van der Waals surface area (Å²) >= 11 is 0. The van der Waals surface area contributed by atoms with Gasteiger partial charge in [0.25, 0.3) is 0 Å². The van der Waals surface area contributed by atoms with E-state index in [4.69, 9.17) is 0 Å². The number of aromatic nitrogens is 1. The Morgan fingerprint density at radius 2 is 2.16 bits per heavy atom. The van der Waals surface area contributed by atoms with Crippen LogP contribution in [0.1, 0.15) is 38.2 Å². The number of nitrogens with one attached hydrogen (secondary N) is 1. The van der Waals surface area contributed by atoms with Crippen molar-refractivity contribution in [3.8, 4) is 0 Å². The molecule has 1 aliphatic carbocycles. The fraction of sp³-hybridized carbons (Fsp3) is 0.500. The topological polar surface area (TPSA) is 74.6 Å². The SMILES string of the molecule is CC(=O)NC1CCC(/C(=N\O)c2cccnc2)CC1. The third-order valence-corrected chi connectivity index (χ3v) is 3.59. The Bertz CT molecular complexity index is 451. The van der Waals surface area contributed by atoms with E-state index in [1.54, 1.807) is 19.3 Å². The van der Waals surface area contributed by atoms with Crippen molar-refractivity contribution in [3.63, 3.8) is 0 Å². The molecule has 2 N–H and O–H groups in total. The summed E-state index contributed by atoms with van der Waals surface area (Å²) in [5.74, 6) is 0.256. The first-order valence-corrected chi connectivity index (χ1v) is 6.60. The van der Waals surface area contributed by atoms with Gasteiger partial charge in [-0.15, -0.1) is 0 Å². The molecule has 1 heterocycles. The second kappa shape index (κ2) is 6.31. The Labute approximate surface area is 112 Å². The summed E-state index contributed by atoms with van der Waals surface area (Å²) < 4.78 is 0. The van der Waals surface area contributed by atoms with Gasteiger partial charge in [0, 0.05) is 36.8 Å². The Morgan fingerprint density at radius 1 is 1.42 bits per heavy atom. The van der Waals surface area contributed by atoms with Crippen LogP contribution in [0.5, 0.6) is 0 Å². The van der Waals surface area contributed by atoms with Crippen molar-refractivity contribution in [2.45, 2.75) is 38.6 Å². The van der Waals surface area contributed by atoms with Crippen molar-refractivity contribution in [1.82, 2.24) is 10.3 Å². The zero-order valence-corrected chi connectivity index (χ0v) is 11.0. The van der Waals surface area contributed by atoms with E-state index in [9.17, 15) is 10.0 Å². The standard InChI is InChI=1S/C14H19N3O2/c1-10(18)16-13-6-4-11(5-7-13)14(17-19)12-3-2-8-15-9-12/h2-3,8-9,11,13,19H,4-7H2,1H3,(H,16,18)/b17-14+. The highest BCUT2D eigenvalue weighted by Gasteiger charge is 2.26. The monoisotopic (exact) mass is 261 g/mol. The fourth-order valence-electron chi connectivity index (χ4n) is 2.69. The zero-order chi connectivity index (χ0) is 13.7. The van der Waals surface area contributed by atoms with Crippen molar-refractivity contribution < 1.29 is 10.0 Å². The summed E-state index contributed by atoms with van der Waals surface area (Å²) in [5, 5.41) is 15.6. The molecule has 2 rings (SSSR count). The maximum atomic E-state index is 11.0. The molecule has 1 amide bonds. The largest absolute Gasteiger partial charge is 0.411 e. The summed E-state index contributed by atoms with van der Waals surface area (Å²) in [7, 11) is 0. The van der Waals surface area contributed by atoms with Gasteiger partial charge in [-0.05, 0) is 37.8 Å². The number of nitrogens with zero attached hydrogens (tertiary/aromatic N) is 2. The second-order valence-corrected chi connectivity index (χ2v) is 4.98. The van der Waals surface area contributed by atoms with E-state index in [1.807, 2.05) is 12.1 Å². The third-order valence-electron chi connectivity index (χ3n) is 3.59. The van der Waals surface area contributed by atoms with Crippen LogP contribution in [-0.2, 0) is 4.79 Å². The minimum absolute atomic E-state index is 0.0201. The van der Waals surface area contributed by atoms with Crippen LogP contribution in [-0.4, -0.2) is 27.9 Å². The van der Waals surface area contributed by atoms with Crippen LogP contribution in [0.2, 0.25) is 0 Å². The first-order valence-electron chi connectivity index (χ1n) is 6.60. The molecule has 0 aliphatic heterocycles. The number of carbonyl (C=O) groups excluding carboxylic acids is 1. The molecule has 102 valence electrons. The second-order valence-electron chi connectivity index (χ2n) is 4.98. The number of oxime groups is 1. The highest BCUT2D eigenvalue weighted by atomic mass is 16.4. The van der Waals surface area contributed by atoms with E-state index >= 15 is 0 Å². The van der Waals surface area contributed by atoms with Crippen molar-refractivity contribution >= 4 is 11.6 Å². The van der Waals surface area contributed by atoms with Crippen LogP contribution >= 0.6 is 0 Å². The molecule has 5 heteroatoms. The number of rotatable bonds is 3. The van der Waals surface area contributed by atoms with Gasteiger partial charge in [-0.2, -0.15) is 0 Å². The Kier molecular flexibility index (Phi) is 4.49. The lowest BCUT2D eigenvalue weighted by Crippen LogP contribution is -2.37. The average Bonchev–Trinajstić information content (AvgIpc) is 2.42. The number of amides is 1. The summed E-state index contributed by atoms with van der Waals surface area (Å²) in [4.78, 5) is 15.1. The highest BCUT2D eigenvalue weighted by Crippen LogP contribution is 2.27. The first-order chi connectivity index (χ1) is 9.20. The van der Waals surface area contributed by atoms with Crippen molar-refractivity contribution in [2.24, 2.45) is 11.1 Å².